The molecule has 0 bridgehead atoms. The number of amides is 1. The summed E-state index contributed by atoms with van der Waals surface area (Å²) in [6, 6.07) is 20.5. The van der Waals surface area contributed by atoms with Crippen LogP contribution in [0.3, 0.4) is 0 Å². The van der Waals surface area contributed by atoms with Crippen LogP contribution in [0.15, 0.2) is 66.9 Å². The molecule has 3 aromatic rings. The molecule has 0 saturated heterocycles. The second-order valence-corrected chi connectivity index (χ2v) is 7.50. The molecule has 0 radical (unpaired) electrons. The highest BCUT2D eigenvalue weighted by molar-refractivity contribution is 6.04. The molecule has 0 aliphatic carbocycles. The normalized spacial score (nSPS) is 10.8. The zero-order valence-electron chi connectivity index (χ0n) is 16.2. The van der Waals surface area contributed by atoms with Gasteiger partial charge in [-0.2, -0.15) is 5.26 Å². The van der Waals surface area contributed by atoms with Crippen molar-refractivity contribution in [2.24, 2.45) is 0 Å². The van der Waals surface area contributed by atoms with E-state index >= 15 is 0 Å². The van der Waals surface area contributed by atoms with E-state index in [2.05, 4.69) is 48.5 Å². The fourth-order valence-electron chi connectivity index (χ4n) is 2.86. The second-order valence-electron chi connectivity index (χ2n) is 7.50. The molecule has 5 nitrogen and oxygen atoms in total. The van der Waals surface area contributed by atoms with Gasteiger partial charge in [-0.05, 0) is 47.4 Å². The van der Waals surface area contributed by atoms with E-state index in [0.717, 1.165) is 5.69 Å². The first-order valence-corrected chi connectivity index (χ1v) is 9.01. The fraction of sp³-hybridized carbons (Fsp3) is 0.174. The summed E-state index contributed by atoms with van der Waals surface area (Å²) < 4.78 is 0. The number of carbonyl (C=O) groups excluding carboxylic acids is 1. The van der Waals surface area contributed by atoms with Gasteiger partial charge in [0.1, 0.15) is 5.82 Å². The molecule has 0 unspecified atom stereocenters. The predicted octanol–water partition coefficient (Wildman–Crippen LogP) is 5.25. The molecule has 28 heavy (non-hydrogen) atoms. The summed E-state index contributed by atoms with van der Waals surface area (Å²) in [5.74, 6) is 0.393. The summed E-state index contributed by atoms with van der Waals surface area (Å²) in [6.07, 6.45) is 1.53. The lowest BCUT2D eigenvalue weighted by molar-refractivity contribution is 0.102. The number of nitrogens with zero attached hydrogens (tertiary/aromatic N) is 2. The molecule has 1 heterocycles. The molecule has 3 rings (SSSR count). The molecule has 5 heteroatoms. The third-order valence-electron chi connectivity index (χ3n) is 4.27. The van der Waals surface area contributed by atoms with Crippen molar-refractivity contribution in [3.05, 3.63) is 83.6 Å². The Bertz CT molecular complexity index is 1030. The zero-order chi connectivity index (χ0) is 20.1. The quantitative estimate of drug-likeness (QED) is 0.658. The number of hydrogen-bond donors (Lipinski definition) is 2. The largest absolute Gasteiger partial charge is 0.340 e. The number of nitriles is 1. The molecule has 0 aliphatic heterocycles. The Morgan fingerprint density at radius 1 is 1.04 bits per heavy atom. The van der Waals surface area contributed by atoms with Gasteiger partial charge in [0.15, 0.2) is 0 Å². The van der Waals surface area contributed by atoms with Crippen molar-refractivity contribution in [3.63, 3.8) is 0 Å². The van der Waals surface area contributed by atoms with Crippen LogP contribution in [-0.4, -0.2) is 10.9 Å². The summed E-state index contributed by atoms with van der Waals surface area (Å²) >= 11 is 0. The maximum atomic E-state index is 12.4. The van der Waals surface area contributed by atoms with Crippen LogP contribution in [0.25, 0.3) is 0 Å². The molecular weight excluding hydrogens is 348 g/mol. The van der Waals surface area contributed by atoms with Gasteiger partial charge in [-0.3, -0.25) is 4.79 Å². The van der Waals surface area contributed by atoms with Gasteiger partial charge in [-0.1, -0.05) is 45.0 Å². The second kappa shape index (κ2) is 7.93. The summed E-state index contributed by atoms with van der Waals surface area (Å²) in [7, 11) is 0. The smallest absolute Gasteiger partial charge is 0.257 e. The summed E-state index contributed by atoms with van der Waals surface area (Å²) in [6.45, 7) is 6.49. The van der Waals surface area contributed by atoms with E-state index in [1.807, 2.05) is 18.2 Å². The number of carbonyl (C=O) groups is 1. The minimum atomic E-state index is -0.274. The van der Waals surface area contributed by atoms with E-state index in [4.69, 9.17) is 5.26 Å². The van der Waals surface area contributed by atoms with E-state index in [1.165, 1.54) is 11.8 Å². The van der Waals surface area contributed by atoms with Crippen molar-refractivity contribution < 1.29 is 4.79 Å². The van der Waals surface area contributed by atoms with E-state index in [-0.39, 0.29) is 11.3 Å². The van der Waals surface area contributed by atoms with Crippen molar-refractivity contribution in [3.8, 4) is 6.07 Å². The SMILES string of the molecule is CC(C)(C)c1ccccc1Nc1ccc(C(=O)Nc2cccc(C#N)c2)cn1. The van der Waals surface area contributed by atoms with Crippen LogP contribution in [0.2, 0.25) is 0 Å². The Kier molecular flexibility index (Phi) is 5.42. The van der Waals surface area contributed by atoms with Gasteiger partial charge < -0.3 is 10.6 Å². The average molecular weight is 370 g/mol. The Labute approximate surface area is 165 Å². The topological polar surface area (TPSA) is 77.8 Å². The Morgan fingerprint density at radius 3 is 2.50 bits per heavy atom. The van der Waals surface area contributed by atoms with Gasteiger partial charge in [0, 0.05) is 17.6 Å². The van der Waals surface area contributed by atoms with Crippen LogP contribution < -0.4 is 10.6 Å². The lowest BCUT2D eigenvalue weighted by atomic mass is 9.86. The van der Waals surface area contributed by atoms with E-state index in [0.29, 0.717) is 22.6 Å². The minimum absolute atomic E-state index is 0.00137. The van der Waals surface area contributed by atoms with E-state index in [1.54, 1.807) is 36.4 Å². The highest BCUT2D eigenvalue weighted by Crippen LogP contribution is 2.30. The highest BCUT2D eigenvalue weighted by Gasteiger charge is 2.17. The third-order valence-corrected chi connectivity index (χ3v) is 4.27. The first-order chi connectivity index (χ1) is 13.4. The summed E-state index contributed by atoms with van der Waals surface area (Å²) in [5.41, 5.74) is 3.70. The molecule has 0 aliphatic rings. The Morgan fingerprint density at radius 2 is 1.82 bits per heavy atom. The number of para-hydroxylation sites is 1. The van der Waals surface area contributed by atoms with Gasteiger partial charge in [0.05, 0.1) is 17.2 Å². The third kappa shape index (κ3) is 4.54. The molecule has 1 aromatic heterocycles. The van der Waals surface area contributed by atoms with Crippen molar-refractivity contribution >= 4 is 23.1 Å². The first-order valence-electron chi connectivity index (χ1n) is 9.01. The molecule has 140 valence electrons. The number of hydrogen-bond acceptors (Lipinski definition) is 4. The van der Waals surface area contributed by atoms with Gasteiger partial charge in [-0.25, -0.2) is 4.98 Å². The van der Waals surface area contributed by atoms with Crippen LogP contribution >= 0.6 is 0 Å². The van der Waals surface area contributed by atoms with Crippen molar-refractivity contribution in [2.45, 2.75) is 26.2 Å². The molecule has 0 fully saturated rings. The maximum absolute atomic E-state index is 12.4. The first kappa shape index (κ1) is 19.1. The van der Waals surface area contributed by atoms with Crippen molar-refractivity contribution in [2.75, 3.05) is 10.6 Å². The van der Waals surface area contributed by atoms with Gasteiger partial charge >= 0.3 is 0 Å². The standard InChI is InChI=1S/C23H22N4O/c1-23(2,3)19-9-4-5-10-20(19)27-21-12-11-17(15-25-21)22(28)26-18-8-6-7-16(13-18)14-24/h4-13,15H,1-3H3,(H,25,27)(H,26,28). The molecule has 0 spiro atoms. The monoisotopic (exact) mass is 370 g/mol. The molecule has 2 aromatic carbocycles. The molecule has 0 saturated carbocycles. The van der Waals surface area contributed by atoms with Crippen LogP contribution in [0, 0.1) is 11.3 Å². The molecule has 2 N–H and O–H groups in total. The van der Waals surface area contributed by atoms with Crippen molar-refractivity contribution in [1.29, 1.82) is 5.26 Å². The maximum Gasteiger partial charge on any atom is 0.257 e. The lowest BCUT2D eigenvalue weighted by Crippen LogP contribution is -2.14. The molecular formula is C23H22N4O. The fourth-order valence-corrected chi connectivity index (χ4v) is 2.86. The highest BCUT2D eigenvalue weighted by atomic mass is 16.1. The average Bonchev–Trinajstić information content (AvgIpc) is 2.68. The van der Waals surface area contributed by atoms with Crippen LogP contribution in [0.5, 0.6) is 0 Å². The van der Waals surface area contributed by atoms with E-state index < -0.39 is 0 Å². The number of anilines is 3. The van der Waals surface area contributed by atoms with Crippen molar-refractivity contribution in [1.82, 2.24) is 4.98 Å². The van der Waals surface area contributed by atoms with Crippen LogP contribution in [0.4, 0.5) is 17.2 Å². The number of pyridine rings is 1. The van der Waals surface area contributed by atoms with Crippen LogP contribution in [-0.2, 0) is 5.41 Å². The van der Waals surface area contributed by atoms with E-state index in [9.17, 15) is 4.79 Å². The minimum Gasteiger partial charge on any atom is -0.340 e. The Balaban J connectivity index is 1.74. The zero-order valence-corrected chi connectivity index (χ0v) is 16.2. The van der Waals surface area contributed by atoms with Gasteiger partial charge in [0.2, 0.25) is 0 Å². The predicted molar refractivity (Wildman–Crippen MR) is 112 cm³/mol. The molecule has 1 amide bonds. The van der Waals surface area contributed by atoms with Gasteiger partial charge in [0.25, 0.3) is 5.91 Å². The number of benzene rings is 2. The summed E-state index contributed by atoms with van der Waals surface area (Å²) in [4.78, 5) is 16.8. The number of nitrogens with one attached hydrogen (secondary N) is 2. The lowest BCUT2D eigenvalue weighted by Gasteiger charge is -2.23. The Hall–Kier alpha value is -3.65. The number of aromatic nitrogens is 1. The number of rotatable bonds is 4. The summed E-state index contributed by atoms with van der Waals surface area (Å²) in [5, 5.41) is 15.1. The van der Waals surface area contributed by atoms with Gasteiger partial charge in [-0.15, -0.1) is 0 Å². The van der Waals surface area contributed by atoms with Crippen LogP contribution in [0.1, 0.15) is 42.3 Å². The molecule has 0 atom stereocenters.